The van der Waals surface area contributed by atoms with Gasteiger partial charge in [0.1, 0.15) is 0 Å². The van der Waals surface area contributed by atoms with Crippen LogP contribution in [-0.2, 0) is 0 Å². The van der Waals surface area contributed by atoms with Crippen LogP contribution in [0.3, 0.4) is 0 Å². The number of carbonyl (C=O) groups is 1. The summed E-state index contributed by atoms with van der Waals surface area (Å²) >= 11 is 0. The molecule has 1 saturated heterocycles. The predicted molar refractivity (Wildman–Crippen MR) is 70.4 cm³/mol. The Balaban J connectivity index is 1.90. The van der Waals surface area contributed by atoms with Crippen LogP contribution in [-0.4, -0.2) is 33.6 Å². The van der Waals surface area contributed by atoms with Crippen molar-refractivity contribution in [3.8, 4) is 0 Å². The van der Waals surface area contributed by atoms with E-state index >= 15 is 0 Å². The van der Waals surface area contributed by atoms with E-state index in [1.807, 2.05) is 23.1 Å². The first-order valence-electron chi connectivity index (χ1n) is 6.50. The SMILES string of the molecule is CC1CCCCN1C(=O)c1ccc2cn[nH]c2c1. The van der Waals surface area contributed by atoms with Crippen molar-refractivity contribution < 1.29 is 4.79 Å². The summed E-state index contributed by atoms with van der Waals surface area (Å²) in [4.78, 5) is 14.5. The molecule has 1 amide bonds. The van der Waals surface area contributed by atoms with Crippen LogP contribution in [0, 0.1) is 0 Å². The molecule has 2 heterocycles. The maximum Gasteiger partial charge on any atom is 0.254 e. The molecule has 3 rings (SSSR count). The molecular formula is C14H17N3O. The number of piperidine rings is 1. The van der Waals surface area contributed by atoms with Crippen molar-refractivity contribution in [2.24, 2.45) is 0 Å². The van der Waals surface area contributed by atoms with Gasteiger partial charge in [0.05, 0.1) is 11.7 Å². The lowest BCUT2D eigenvalue weighted by Crippen LogP contribution is -2.42. The minimum absolute atomic E-state index is 0.138. The van der Waals surface area contributed by atoms with Crippen LogP contribution in [0.15, 0.2) is 24.4 Å². The van der Waals surface area contributed by atoms with Crippen LogP contribution in [0.1, 0.15) is 36.5 Å². The summed E-state index contributed by atoms with van der Waals surface area (Å²) in [5, 5.41) is 7.93. The number of amides is 1. The van der Waals surface area contributed by atoms with Gasteiger partial charge in [-0.25, -0.2) is 0 Å². The van der Waals surface area contributed by atoms with E-state index in [0.717, 1.165) is 35.9 Å². The van der Waals surface area contributed by atoms with Crippen LogP contribution in [0.4, 0.5) is 0 Å². The van der Waals surface area contributed by atoms with Crippen LogP contribution < -0.4 is 0 Å². The molecule has 0 aliphatic carbocycles. The molecule has 0 saturated carbocycles. The minimum Gasteiger partial charge on any atom is -0.336 e. The van der Waals surface area contributed by atoms with Gasteiger partial charge in [0.15, 0.2) is 0 Å². The van der Waals surface area contributed by atoms with Crippen LogP contribution in [0.5, 0.6) is 0 Å². The Morgan fingerprint density at radius 1 is 1.44 bits per heavy atom. The molecule has 1 fully saturated rings. The van der Waals surface area contributed by atoms with Crippen molar-refractivity contribution in [2.45, 2.75) is 32.2 Å². The average Bonchev–Trinajstić information content (AvgIpc) is 2.85. The Hall–Kier alpha value is -1.84. The molecule has 1 atom stereocenters. The van der Waals surface area contributed by atoms with Gasteiger partial charge < -0.3 is 4.90 Å². The topological polar surface area (TPSA) is 49.0 Å². The Labute approximate surface area is 106 Å². The summed E-state index contributed by atoms with van der Waals surface area (Å²) in [5.41, 5.74) is 1.67. The van der Waals surface area contributed by atoms with E-state index in [-0.39, 0.29) is 5.91 Å². The fourth-order valence-electron chi connectivity index (χ4n) is 2.64. The van der Waals surface area contributed by atoms with Crippen LogP contribution >= 0.6 is 0 Å². The van der Waals surface area contributed by atoms with Gasteiger partial charge in [-0.15, -0.1) is 0 Å². The van der Waals surface area contributed by atoms with E-state index in [1.165, 1.54) is 6.42 Å². The van der Waals surface area contributed by atoms with Crippen molar-refractivity contribution in [3.63, 3.8) is 0 Å². The predicted octanol–water partition coefficient (Wildman–Crippen LogP) is 2.58. The largest absolute Gasteiger partial charge is 0.336 e. The number of rotatable bonds is 1. The van der Waals surface area contributed by atoms with Gasteiger partial charge in [-0.05, 0) is 38.3 Å². The van der Waals surface area contributed by atoms with Gasteiger partial charge in [-0.3, -0.25) is 9.89 Å². The number of benzene rings is 1. The molecule has 1 N–H and O–H groups in total. The second-order valence-corrected chi connectivity index (χ2v) is 5.02. The molecule has 18 heavy (non-hydrogen) atoms. The smallest absolute Gasteiger partial charge is 0.254 e. The molecule has 1 aliphatic heterocycles. The molecule has 0 radical (unpaired) electrons. The summed E-state index contributed by atoms with van der Waals surface area (Å²) in [5.74, 6) is 0.138. The first-order chi connectivity index (χ1) is 8.75. The van der Waals surface area contributed by atoms with E-state index in [4.69, 9.17) is 0 Å². The van der Waals surface area contributed by atoms with E-state index in [0.29, 0.717) is 6.04 Å². The van der Waals surface area contributed by atoms with Crippen molar-refractivity contribution >= 4 is 16.8 Å². The zero-order chi connectivity index (χ0) is 12.5. The van der Waals surface area contributed by atoms with Gasteiger partial charge in [0.2, 0.25) is 0 Å². The third kappa shape index (κ3) is 1.88. The number of hydrogen-bond donors (Lipinski definition) is 1. The molecular weight excluding hydrogens is 226 g/mol. The molecule has 94 valence electrons. The van der Waals surface area contributed by atoms with Crippen molar-refractivity contribution in [1.29, 1.82) is 0 Å². The first kappa shape index (κ1) is 11.3. The van der Waals surface area contributed by atoms with Crippen LogP contribution in [0.2, 0.25) is 0 Å². The first-order valence-corrected chi connectivity index (χ1v) is 6.50. The summed E-state index contributed by atoms with van der Waals surface area (Å²) in [6.07, 6.45) is 5.22. The number of carbonyl (C=O) groups excluding carboxylic acids is 1. The molecule has 1 unspecified atom stereocenters. The molecule has 4 nitrogen and oxygen atoms in total. The Morgan fingerprint density at radius 3 is 3.17 bits per heavy atom. The monoisotopic (exact) mass is 243 g/mol. The maximum atomic E-state index is 12.5. The minimum atomic E-state index is 0.138. The highest BCUT2D eigenvalue weighted by molar-refractivity contribution is 5.97. The number of aromatic amines is 1. The van der Waals surface area contributed by atoms with Crippen molar-refractivity contribution in [2.75, 3.05) is 6.54 Å². The summed E-state index contributed by atoms with van der Waals surface area (Å²) in [6, 6.07) is 6.08. The lowest BCUT2D eigenvalue weighted by molar-refractivity contribution is 0.0636. The quantitative estimate of drug-likeness (QED) is 0.836. The van der Waals surface area contributed by atoms with Gasteiger partial charge in [-0.2, -0.15) is 5.10 Å². The van der Waals surface area contributed by atoms with Crippen molar-refractivity contribution in [3.05, 3.63) is 30.0 Å². The fourth-order valence-corrected chi connectivity index (χ4v) is 2.64. The third-order valence-corrected chi connectivity index (χ3v) is 3.75. The number of hydrogen-bond acceptors (Lipinski definition) is 2. The van der Waals surface area contributed by atoms with E-state index in [2.05, 4.69) is 17.1 Å². The number of fused-ring (bicyclic) bond motifs is 1. The fraction of sp³-hybridized carbons (Fsp3) is 0.429. The number of aromatic nitrogens is 2. The van der Waals surface area contributed by atoms with Gasteiger partial charge in [-0.1, -0.05) is 6.07 Å². The number of likely N-dealkylation sites (tertiary alicyclic amines) is 1. The lowest BCUT2D eigenvalue weighted by Gasteiger charge is -2.33. The lowest BCUT2D eigenvalue weighted by atomic mass is 10.0. The molecule has 1 aromatic heterocycles. The number of H-pyrrole nitrogens is 1. The summed E-state index contributed by atoms with van der Waals surface area (Å²) in [6.45, 7) is 3.01. The van der Waals surface area contributed by atoms with E-state index < -0.39 is 0 Å². The molecule has 4 heteroatoms. The number of nitrogens with zero attached hydrogens (tertiary/aromatic N) is 2. The average molecular weight is 243 g/mol. The number of nitrogens with one attached hydrogen (secondary N) is 1. The molecule has 1 aromatic carbocycles. The second kappa shape index (κ2) is 4.44. The highest BCUT2D eigenvalue weighted by atomic mass is 16.2. The Morgan fingerprint density at radius 2 is 2.33 bits per heavy atom. The molecule has 0 bridgehead atoms. The van der Waals surface area contributed by atoms with Gasteiger partial charge >= 0.3 is 0 Å². The van der Waals surface area contributed by atoms with Gasteiger partial charge in [0, 0.05) is 23.5 Å². The molecule has 0 spiro atoms. The summed E-state index contributed by atoms with van der Waals surface area (Å²) in [7, 11) is 0. The summed E-state index contributed by atoms with van der Waals surface area (Å²) < 4.78 is 0. The van der Waals surface area contributed by atoms with E-state index in [9.17, 15) is 4.79 Å². The second-order valence-electron chi connectivity index (χ2n) is 5.02. The van der Waals surface area contributed by atoms with E-state index in [1.54, 1.807) is 6.20 Å². The zero-order valence-electron chi connectivity index (χ0n) is 10.5. The highest BCUT2D eigenvalue weighted by Crippen LogP contribution is 2.20. The molecule has 1 aliphatic rings. The Kier molecular flexibility index (Phi) is 2.78. The maximum absolute atomic E-state index is 12.5. The molecule has 2 aromatic rings. The normalized spacial score (nSPS) is 20.3. The highest BCUT2D eigenvalue weighted by Gasteiger charge is 2.24. The van der Waals surface area contributed by atoms with Gasteiger partial charge in [0.25, 0.3) is 5.91 Å². The third-order valence-electron chi connectivity index (χ3n) is 3.75. The zero-order valence-corrected chi connectivity index (χ0v) is 10.5. The Bertz CT molecular complexity index is 575. The van der Waals surface area contributed by atoms with Crippen LogP contribution in [0.25, 0.3) is 10.9 Å². The van der Waals surface area contributed by atoms with Crippen molar-refractivity contribution in [1.82, 2.24) is 15.1 Å². The standard InChI is InChI=1S/C14H17N3O/c1-10-4-2-3-7-17(10)14(18)11-5-6-12-9-15-16-13(12)8-11/h5-6,8-10H,2-4,7H2,1H3,(H,15,16).